The van der Waals surface area contributed by atoms with Crippen LogP contribution in [0.4, 0.5) is 5.69 Å². The van der Waals surface area contributed by atoms with Gasteiger partial charge in [0, 0.05) is 25.1 Å². The molecule has 0 fully saturated rings. The Morgan fingerprint density at radius 3 is 2.81 bits per heavy atom. The lowest BCUT2D eigenvalue weighted by molar-refractivity contribution is -0.117. The average molecular weight is 361 g/mol. The standard InChI is InChI=1S/C22H23N3O2/c1-25-14-13-23-21(25)15-27-18-11-9-17(10-12-18)24-22(26)20-8-4-6-16-5-2-3-7-19(16)20/h2-3,5,7,9-14,20H,4,6,8,15H2,1H3,(H,24,26). The van der Waals surface area contributed by atoms with E-state index in [1.165, 1.54) is 5.56 Å². The van der Waals surface area contributed by atoms with Crippen LogP contribution in [0.2, 0.25) is 0 Å². The van der Waals surface area contributed by atoms with Gasteiger partial charge in [-0.2, -0.15) is 0 Å². The molecular formula is C22H23N3O2. The molecule has 0 saturated heterocycles. The second-order valence-corrected chi connectivity index (χ2v) is 6.90. The molecule has 2 aromatic carbocycles. The predicted molar refractivity (Wildman–Crippen MR) is 105 cm³/mol. The molecule has 138 valence electrons. The predicted octanol–water partition coefficient (Wildman–Crippen LogP) is 4.06. The molecule has 1 atom stereocenters. The number of aryl methyl sites for hydroxylation is 2. The van der Waals surface area contributed by atoms with Gasteiger partial charge in [0.05, 0.1) is 5.92 Å². The zero-order valence-electron chi connectivity index (χ0n) is 15.4. The molecule has 5 heteroatoms. The number of carbonyl (C=O) groups excluding carboxylic acids is 1. The van der Waals surface area contributed by atoms with Crippen LogP contribution in [-0.4, -0.2) is 15.5 Å². The highest BCUT2D eigenvalue weighted by Gasteiger charge is 2.26. The summed E-state index contributed by atoms with van der Waals surface area (Å²) in [5, 5.41) is 3.05. The van der Waals surface area contributed by atoms with Crippen LogP contribution < -0.4 is 10.1 Å². The third-order valence-electron chi connectivity index (χ3n) is 5.10. The minimum Gasteiger partial charge on any atom is -0.486 e. The van der Waals surface area contributed by atoms with E-state index in [-0.39, 0.29) is 11.8 Å². The molecular weight excluding hydrogens is 338 g/mol. The number of hydrogen-bond donors (Lipinski definition) is 1. The molecule has 1 heterocycles. The fraction of sp³-hybridized carbons (Fsp3) is 0.273. The molecule has 0 spiro atoms. The zero-order chi connectivity index (χ0) is 18.6. The molecule has 1 aromatic heterocycles. The van der Waals surface area contributed by atoms with E-state index in [0.29, 0.717) is 6.61 Å². The number of benzene rings is 2. The average Bonchev–Trinajstić information content (AvgIpc) is 3.12. The SMILES string of the molecule is Cn1ccnc1COc1ccc(NC(=O)C2CCCc3ccccc32)cc1. The van der Waals surface area contributed by atoms with Gasteiger partial charge in [0.2, 0.25) is 5.91 Å². The second-order valence-electron chi connectivity index (χ2n) is 6.90. The highest BCUT2D eigenvalue weighted by atomic mass is 16.5. The summed E-state index contributed by atoms with van der Waals surface area (Å²) in [4.78, 5) is 17.0. The van der Waals surface area contributed by atoms with Crippen molar-refractivity contribution in [2.75, 3.05) is 5.32 Å². The smallest absolute Gasteiger partial charge is 0.231 e. The molecule has 1 aliphatic rings. The summed E-state index contributed by atoms with van der Waals surface area (Å²) < 4.78 is 7.69. The molecule has 1 amide bonds. The number of fused-ring (bicyclic) bond motifs is 1. The Bertz CT molecular complexity index is 931. The normalized spacial score (nSPS) is 15.8. The molecule has 0 radical (unpaired) electrons. The van der Waals surface area contributed by atoms with E-state index in [2.05, 4.69) is 22.4 Å². The molecule has 0 saturated carbocycles. The third-order valence-corrected chi connectivity index (χ3v) is 5.10. The van der Waals surface area contributed by atoms with Crippen LogP contribution in [0, 0.1) is 0 Å². The van der Waals surface area contributed by atoms with Crippen molar-refractivity contribution < 1.29 is 9.53 Å². The van der Waals surface area contributed by atoms with Gasteiger partial charge in [-0.1, -0.05) is 24.3 Å². The number of imidazole rings is 1. The van der Waals surface area contributed by atoms with Crippen molar-refractivity contribution in [1.29, 1.82) is 0 Å². The van der Waals surface area contributed by atoms with Crippen LogP contribution in [0.5, 0.6) is 5.75 Å². The van der Waals surface area contributed by atoms with Gasteiger partial charge < -0.3 is 14.6 Å². The van der Waals surface area contributed by atoms with Gasteiger partial charge in [-0.15, -0.1) is 0 Å². The number of carbonyl (C=O) groups is 1. The first-order valence-electron chi connectivity index (χ1n) is 9.28. The minimum atomic E-state index is -0.0747. The topological polar surface area (TPSA) is 56.1 Å². The third kappa shape index (κ3) is 3.87. The summed E-state index contributed by atoms with van der Waals surface area (Å²) in [6.45, 7) is 0.411. The van der Waals surface area contributed by atoms with Crippen molar-refractivity contribution in [2.45, 2.75) is 31.8 Å². The number of anilines is 1. The highest BCUT2D eigenvalue weighted by Crippen LogP contribution is 2.32. The molecule has 1 N–H and O–H groups in total. The number of ether oxygens (including phenoxy) is 1. The number of nitrogens with zero attached hydrogens (tertiary/aromatic N) is 2. The molecule has 4 rings (SSSR count). The van der Waals surface area contributed by atoms with Crippen LogP contribution in [-0.2, 0) is 24.9 Å². The van der Waals surface area contributed by atoms with Gasteiger partial charge >= 0.3 is 0 Å². The number of aromatic nitrogens is 2. The number of nitrogens with one attached hydrogen (secondary N) is 1. The molecule has 3 aromatic rings. The minimum absolute atomic E-state index is 0.0591. The maximum absolute atomic E-state index is 12.8. The summed E-state index contributed by atoms with van der Waals surface area (Å²) >= 11 is 0. The Labute approximate surface area is 159 Å². The van der Waals surface area contributed by atoms with Crippen LogP contribution in [0.1, 0.15) is 35.7 Å². The molecule has 1 aliphatic carbocycles. The molecule has 1 unspecified atom stereocenters. The van der Waals surface area contributed by atoms with Crippen LogP contribution in [0.3, 0.4) is 0 Å². The summed E-state index contributed by atoms with van der Waals surface area (Å²) in [5.74, 6) is 1.60. The fourth-order valence-electron chi connectivity index (χ4n) is 3.57. The molecule has 27 heavy (non-hydrogen) atoms. The Balaban J connectivity index is 1.39. The van der Waals surface area contributed by atoms with Gasteiger partial charge in [-0.25, -0.2) is 4.98 Å². The first kappa shape index (κ1) is 17.3. The Morgan fingerprint density at radius 2 is 2.04 bits per heavy atom. The van der Waals surface area contributed by atoms with Gasteiger partial charge in [0.15, 0.2) is 0 Å². The van der Waals surface area contributed by atoms with E-state index in [4.69, 9.17) is 4.74 Å². The first-order chi connectivity index (χ1) is 13.2. The Morgan fingerprint density at radius 1 is 1.22 bits per heavy atom. The second kappa shape index (κ2) is 7.66. The summed E-state index contributed by atoms with van der Waals surface area (Å²) in [6.07, 6.45) is 6.65. The number of rotatable bonds is 5. The summed E-state index contributed by atoms with van der Waals surface area (Å²) in [7, 11) is 1.94. The van der Waals surface area contributed by atoms with E-state index >= 15 is 0 Å². The van der Waals surface area contributed by atoms with Crippen molar-refractivity contribution in [3.8, 4) is 5.75 Å². The van der Waals surface area contributed by atoms with Crippen molar-refractivity contribution in [3.63, 3.8) is 0 Å². The zero-order valence-corrected chi connectivity index (χ0v) is 15.4. The quantitative estimate of drug-likeness (QED) is 0.746. The maximum Gasteiger partial charge on any atom is 0.231 e. The highest BCUT2D eigenvalue weighted by molar-refractivity contribution is 5.96. The number of hydrogen-bond acceptors (Lipinski definition) is 3. The maximum atomic E-state index is 12.8. The van der Waals surface area contributed by atoms with Gasteiger partial charge in [0.25, 0.3) is 0 Å². The van der Waals surface area contributed by atoms with E-state index in [9.17, 15) is 4.79 Å². The Hall–Kier alpha value is -3.08. The molecule has 0 aliphatic heterocycles. The van der Waals surface area contributed by atoms with Crippen LogP contribution in [0.15, 0.2) is 60.9 Å². The van der Waals surface area contributed by atoms with Gasteiger partial charge in [-0.3, -0.25) is 4.79 Å². The monoisotopic (exact) mass is 361 g/mol. The van der Waals surface area contributed by atoms with Crippen molar-refractivity contribution >= 4 is 11.6 Å². The van der Waals surface area contributed by atoms with E-state index < -0.39 is 0 Å². The van der Waals surface area contributed by atoms with Gasteiger partial charge in [0.1, 0.15) is 18.2 Å². The van der Waals surface area contributed by atoms with Gasteiger partial charge in [-0.05, 0) is 54.7 Å². The Kier molecular flexibility index (Phi) is 4.92. The van der Waals surface area contributed by atoms with E-state index in [0.717, 1.165) is 42.1 Å². The van der Waals surface area contributed by atoms with E-state index in [1.54, 1.807) is 6.20 Å². The van der Waals surface area contributed by atoms with Crippen LogP contribution in [0.25, 0.3) is 0 Å². The molecule has 5 nitrogen and oxygen atoms in total. The van der Waals surface area contributed by atoms with E-state index in [1.807, 2.05) is 54.2 Å². The largest absolute Gasteiger partial charge is 0.486 e. The van der Waals surface area contributed by atoms with Crippen molar-refractivity contribution in [3.05, 3.63) is 77.9 Å². The fourth-order valence-corrected chi connectivity index (χ4v) is 3.57. The lowest BCUT2D eigenvalue weighted by Gasteiger charge is -2.24. The first-order valence-corrected chi connectivity index (χ1v) is 9.28. The lowest BCUT2D eigenvalue weighted by Crippen LogP contribution is -2.24. The summed E-state index contributed by atoms with van der Waals surface area (Å²) in [6, 6.07) is 15.7. The number of amides is 1. The van der Waals surface area contributed by atoms with Crippen LogP contribution >= 0.6 is 0 Å². The lowest BCUT2D eigenvalue weighted by atomic mass is 9.82. The van der Waals surface area contributed by atoms with Crippen molar-refractivity contribution in [2.24, 2.45) is 7.05 Å². The molecule has 0 bridgehead atoms. The van der Waals surface area contributed by atoms with Crippen molar-refractivity contribution in [1.82, 2.24) is 9.55 Å². The summed E-state index contributed by atoms with van der Waals surface area (Å²) in [5.41, 5.74) is 3.24.